The molecule has 0 saturated carbocycles. The molecule has 0 aliphatic carbocycles. The van der Waals surface area contributed by atoms with Crippen LogP contribution in [0.1, 0.15) is 17.2 Å². The second-order valence-electron chi connectivity index (χ2n) is 7.22. The summed E-state index contributed by atoms with van der Waals surface area (Å²) >= 11 is 6.23. The maximum atomic E-state index is 14.2. The van der Waals surface area contributed by atoms with Gasteiger partial charge in [0.2, 0.25) is 0 Å². The summed E-state index contributed by atoms with van der Waals surface area (Å²) in [5.41, 5.74) is 1.82. The first-order valence-electron chi connectivity index (χ1n) is 10.2. The average molecular weight is 547 g/mol. The van der Waals surface area contributed by atoms with Crippen LogP contribution >= 0.6 is 11.6 Å². The second-order valence-corrected chi connectivity index (χ2v) is 7.63. The Morgan fingerprint density at radius 1 is 0.889 bits per heavy atom. The lowest BCUT2D eigenvalue weighted by molar-refractivity contribution is -0.193. The quantitative estimate of drug-likeness (QED) is 0.471. The topological polar surface area (TPSA) is 89.9 Å². The van der Waals surface area contributed by atoms with Crippen LogP contribution < -0.4 is 5.32 Å². The Morgan fingerprint density at radius 2 is 1.36 bits per heavy atom. The predicted molar refractivity (Wildman–Crippen MR) is 116 cm³/mol. The molecule has 14 heteroatoms. The Labute approximate surface area is 206 Å². The van der Waals surface area contributed by atoms with Gasteiger partial charge in [0.05, 0.1) is 0 Å². The van der Waals surface area contributed by atoms with Gasteiger partial charge in [-0.2, -0.15) is 26.3 Å². The molecule has 3 rings (SSSR count). The Kier molecular flexibility index (Phi) is 12.1. The van der Waals surface area contributed by atoms with E-state index in [2.05, 4.69) is 22.3 Å². The van der Waals surface area contributed by atoms with E-state index in [1.807, 2.05) is 18.2 Å². The number of rotatable bonds is 4. The molecule has 6 nitrogen and oxygen atoms in total. The molecular formula is C22H22ClF7N2O4. The third-order valence-electron chi connectivity index (χ3n) is 4.72. The molecule has 1 saturated heterocycles. The van der Waals surface area contributed by atoms with Crippen molar-refractivity contribution in [2.24, 2.45) is 0 Å². The van der Waals surface area contributed by atoms with E-state index in [4.69, 9.17) is 31.4 Å². The molecule has 1 aliphatic heterocycles. The van der Waals surface area contributed by atoms with Gasteiger partial charge in [-0.25, -0.2) is 14.0 Å². The van der Waals surface area contributed by atoms with Gasteiger partial charge in [0.25, 0.3) is 0 Å². The van der Waals surface area contributed by atoms with E-state index >= 15 is 0 Å². The maximum absolute atomic E-state index is 14.2. The summed E-state index contributed by atoms with van der Waals surface area (Å²) in [6, 6.07) is 15.4. The van der Waals surface area contributed by atoms with Crippen molar-refractivity contribution in [1.29, 1.82) is 0 Å². The summed E-state index contributed by atoms with van der Waals surface area (Å²) in [7, 11) is 0. The van der Waals surface area contributed by atoms with E-state index < -0.39 is 24.3 Å². The summed E-state index contributed by atoms with van der Waals surface area (Å²) < 4.78 is 77.7. The zero-order chi connectivity index (χ0) is 27.5. The zero-order valence-electron chi connectivity index (χ0n) is 18.4. The molecule has 0 radical (unpaired) electrons. The first kappa shape index (κ1) is 31.1. The highest BCUT2D eigenvalue weighted by Gasteiger charge is 2.38. The molecule has 36 heavy (non-hydrogen) atoms. The molecule has 2 aromatic rings. The number of hydrogen-bond acceptors (Lipinski definition) is 4. The number of nitrogens with one attached hydrogen (secondary N) is 1. The lowest BCUT2D eigenvalue weighted by atomic mass is 9.96. The summed E-state index contributed by atoms with van der Waals surface area (Å²) in [6.07, 6.45) is -9.57. The van der Waals surface area contributed by atoms with Crippen LogP contribution in [0.25, 0.3) is 0 Å². The van der Waals surface area contributed by atoms with E-state index in [1.54, 1.807) is 12.1 Å². The van der Waals surface area contributed by atoms with Crippen LogP contribution in [0.4, 0.5) is 30.7 Å². The maximum Gasteiger partial charge on any atom is 0.490 e. The van der Waals surface area contributed by atoms with Gasteiger partial charge in [0.1, 0.15) is 5.82 Å². The molecule has 1 atom stereocenters. The van der Waals surface area contributed by atoms with Crippen molar-refractivity contribution in [2.75, 3.05) is 26.2 Å². The number of carboxylic acid groups (broad SMARTS) is 2. The highest BCUT2D eigenvalue weighted by molar-refractivity contribution is 6.31. The molecule has 1 unspecified atom stereocenters. The molecule has 2 aromatic carbocycles. The van der Waals surface area contributed by atoms with Crippen LogP contribution in [0.2, 0.25) is 5.02 Å². The van der Waals surface area contributed by atoms with Crippen molar-refractivity contribution in [3.05, 3.63) is 70.5 Å². The zero-order valence-corrected chi connectivity index (χ0v) is 19.2. The number of carboxylic acids is 2. The highest BCUT2D eigenvalue weighted by Crippen LogP contribution is 2.30. The Hall–Kier alpha value is -2.90. The van der Waals surface area contributed by atoms with Crippen molar-refractivity contribution < 1.29 is 50.5 Å². The lowest BCUT2D eigenvalue weighted by Crippen LogP contribution is -2.45. The minimum absolute atomic E-state index is 0.151. The van der Waals surface area contributed by atoms with Crippen molar-refractivity contribution >= 4 is 23.5 Å². The van der Waals surface area contributed by atoms with Gasteiger partial charge in [0.15, 0.2) is 0 Å². The van der Waals surface area contributed by atoms with Gasteiger partial charge in [-0.1, -0.05) is 48.0 Å². The number of benzene rings is 2. The van der Waals surface area contributed by atoms with Crippen molar-refractivity contribution in [2.45, 2.75) is 24.8 Å². The number of nitrogens with zero attached hydrogens (tertiary/aromatic N) is 1. The van der Waals surface area contributed by atoms with Crippen LogP contribution in [0.15, 0.2) is 48.5 Å². The van der Waals surface area contributed by atoms with Crippen molar-refractivity contribution in [3.63, 3.8) is 0 Å². The predicted octanol–water partition coefficient (Wildman–Crippen LogP) is 4.93. The number of halogens is 8. The normalized spacial score (nSPS) is 15.0. The fraction of sp³-hybridized carbons (Fsp3) is 0.364. The van der Waals surface area contributed by atoms with Crippen LogP contribution in [-0.2, 0) is 16.0 Å². The molecule has 200 valence electrons. The number of hydrogen-bond donors (Lipinski definition) is 3. The molecular weight excluding hydrogens is 525 g/mol. The number of carbonyl (C=O) groups is 2. The minimum atomic E-state index is -5.08. The van der Waals surface area contributed by atoms with Crippen LogP contribution in [0.3, 0.4) is 0 Å². The monoisotopic (exact) mass is 546 g/mol. The summed E-state index contributed by atoms with van der Waals surface area (Å²) in [6.45, 7) is 3.86. The van der Waals surface area contributed by atoms with Gasteiger partial charge < -0.3 is 15.5 Å². The van der Waals surface area contributed by atoms with E-state index in [0.29, 0.717) is 17.0 Å². The molecule has 0 amide bonds. The molecule has 0 aromatic heterocycles. The molecule has 0 bridgehead atoms. The van der Waals surface area contributed by atoms with Gasteiger partial charge >= 0.3 is 24.3 Å². The van der Waals surface area contributed by atoms with E-state index in [1.165, 1.54) is 11.6 Å². The Morgan fingerprint density at radius 3 is 1.78 bits per heavy atom. The van der Waals surface area contributed by atoms with Crippen molar-refractivity contribution in [3.8, 4) is 0 Å². The largest absolute Gasteiger partial charge is 0.490 e. The summed E-state index contributed by atoms with van der Waals surface area (Å²) in [4.78, 5) is 20.2. The fourth-order valence-corrected chi connectivity index (χ4v) is 3.29. The first-order valence-corrected chi connectivity index (χ1v) is 10.5. The third kappa shape index (κ3) is 10.8. The van der Waals surface area contributed by atoms with Crippen LogP contribution in [0.5, 0.6) is 0 Å². The van der Waals surface area contributed by atoms with E-state index in [-0.39, 0.29) is 11.9 Å². The van der Waals surface area contributed by atoms with Gasteiger partial charge in [0, 0.05) is 42.8 Å². The van der Waals surface area contributed by atoms with Gasteiger partial charge in [-0.15, -0.1) is 0 Å². The molecule has 1 aliphatic rings. The van der Waals surface area contributed by atoms with Crippen LogP contribution in [0, 0.1) is 5.82 Å². The van der Waals surface area contributed by atoms with E-state index in [9.17, 15) is 30.7 Å². The number of piperazine rings is 1. The minimum Gasteiger partial charge on any atom is -0.475 e. The van der Waals surface area contributed by atoms with Crippen LogP contribution in [-0.4, -0.2) is 65.6 Å². The SMILES string of the molecule is Fc1cccc(Cl)c1CC(c1ccccc1)N1CCNCC1.O=C(O)C(F)(F)F.O=C(O)C(F)(F)F. The molecule has 1 heterocycles. The van der Waals surface area contributed by atoms with E-state index in [0.717, 1.165) is 26.2 Å². The highest BCUT2D eigenvalue weighted by atomic mass is 35.5. The standard InChI is InChI=1S/C18H20ClFN2.2C2HF3O2/c19-16-7-4-8-17(20)15(16)13-18(14-5-2-1-3-6-14)22-11-9-21-10-12-22;2*3-2(4,5)1(6)7/h1-8,18,21H,9-13H2;2*(H,6,7). The molecule has 1 fully saturated rings. The van der Waals surface area contributed by atoms with Crippen molar-refractivity contribution in [1.82, 2.24) is 10.2 Å². The first-order chi connectivity index (χ1) is 16.6. The smallest absolute Gasteiger partial charge is 0.475 e. The second kappa shape index (κ2) is 14.0. The Balaban J connectivity index is 0.000000383. The molecule has 0 spiro atoms. The fourth-order valence-electron chi connectivity index (χ4n) is 3.05. The average Bonchev–Trinajstić information content (AvgIpc) is 2.80. The van der Waals surface area contributed by atoms with Gasteiger partial charge in [-0.3, -0.25) is 4.90 Å². The third-order valence-corrected chi connectivity index (χ3v) is 5.07. The number of aliphatic carboxylic acids is 2. The Bertz CT molecular complexity index is 938. The summed E-state index contributed by atoms with van der Waals surface area (Å²) in [5, 5.41) is 18.1. The lowest BCUT2D eigenvalue weighted by Gasteiger charge is -2.35. The van der Waals surface area contributed by atoms with Gasteiger partial charge in [-0.05, 0) is 24.1 Å². The number of alkyl halides is 6. The molecule has 3 N–H and O–H groups in total. The summed E-state index contributed by atoms with van der Waals surface area (Å²) in [5.74, 6) is -5.73.